The van der Waals surface area contributed by atoms with E-state index in [-0.39, 0.29) is 24.3 Å². The number of nitrogens with one attached hydrogen (secondary N) is 2. The van der Waals surface area contributed by atoms with Crippen molar-refractivity contribution in [3.8, 4) is 0 Å². The number of hydrogen-bond acceptors (Lipinski definition) is 4. The van der Waals surface area contributed by atoms with Crippen LogP contribution in [0.5, 0.6) is 0 Å². The van der Waals surface area contributed by atoms with Crippen LogP contribution in [0.3, 0.4) is 0 Å². The lowest BCUT2D eigenvalue weighted by Gasteiger charge is -2.17. The van der Waals surface area contributed by atoms with Crippen molar-refractivity contribution in [2.45, 2.75) is 45.1 Å². The molecule has 5 nitrogen and oxygen atoms in total. The number of hydrogen-bond donors (Lipinski definition) is 2. The smallest absolute Gasteiger partial charge is 0.228 e. The average molecular weight is 343 g/mol. The number of carbonyl (C=O) groups excluding carboxylic acids is 2. The first-order valence-electron chi connectivity index (χ1n) is 8.22. The first-order valence-corrected chi connectivity index (χ1v) is 9.04. The molecule has 0 saturated heterocycles. The molecule has 1 aromatic heterocycles. The zero-order valence-electron chi connectivity index (χ0n) is 13.7. The fraction of sp³-hybridized carbons (Fsp3) is 0.389. The molecule has 126 valence electrons. The molecule has 24 heavy (non-hydrogen) atoms. The Morgan fingerprint density at radius 2 is 1.96 bits per heavy atom. The van der Waals surface area contributed by atoms with Crippen LogP contribution >= 0.6 is 11.3 Å². The summed E-state index contributed by atoms with van der Waals surface area (Å²) in [5, 5.41) is 6.40. The number of aryl methyl sites for hydroxylation is 2. The zero-order valence-corrected chi connectivity index (χ0v) is 14.5. The predicted molar refractivity (Wildman–Crippen MR) is 95.0 cm³/mol. The van der Waals surface area contributed by atoms with Gasteiger partial charge in [-0.1, -0.05) is 30.3 Å². The van der Waals surface area contributed by atoms with E-state index in [0.29, 0.717) is 5.13 Å². The van der Waals surface area contributed by atoms with Gasteiger partial charge in [-0.25, -0.2) is 4.98 Å². The summed E-state index contributed by atoms with van der Waals surface area (Å²) < 4.78 is 0. The molecule has 1 aliphatic rings. The van der Waals surface area contributed by atoms with Crippen LogP contribution in [-0.2, 0) is 22.4 Å². The van der Waals surface area contributed by atoms with Gasteiger partial charge in [0, 0.05) is 11.8 Å². The molecule has 0 unspecified atom stereocenters. The number of carbonyl (C=O) groups is 2. The topological polar surface area (TPSA) is 71.1 Å². The molecular formula is C18H21N3O2S. The highest BCUT2D eigenvalue weighted by Crippen LogP contribution is 2.30. The minimum absolute atomic E-state index is 0.135. The minimum Gasteiger partial charge on any atom is -0.349 e. The molecule has 1 heterocycles. The van der Waals surface area contributed by atoms with Crippen molar-refractivity contribution in [2.75, 3.05) is 5.32 Å². The van der Waals surface area contributed by atoms with E-state index in [0.717, 1.165) is 24.1 Å². The standard InChI is InChI=1S/C18H21N3O2S/c1-12(22)19-15(13-7-3-2-4-8-13)11-17(23)21-18-20-14-9-5-6-10-16(14)24-18/h2-4,7-8,15H,5-6,9-11H2,1H3,(H,19,22)(H,20,21,23)/t15-/m0/s1. The third-order valence-electron chi connectivity index (χ3n) is 4.06. The van der Waals surface area contributed by atoms with Gasteiger partial charge in [0.15, 0.2) is 5.13 Å². The highest BCUT2D eigenvalue weighted by atomic mass is 32.1. The van der Waals surface area contributed by atoms with E-state index in [4.69, 9.17) is 0 Å². The Morgan fingerprint density at radius 1 is 1.21 bits per heavy atom. The van der Waals surface area contributed by atoms with Crippen molar-refractivity contribution in [2.24, 2.45) is 0 Å². The highest BCUT2D eigenvalue weighted by Gasteiger charge is 2.20. The van der Waals surface area contributed by atoms with Crippen molar-refractivity contribution < 1.29 is 9.59 Å². The number of fused-ring (bicyclic) bond motifs is 1. The second-order valence-electron chi connectivity index (χ2n) is 6.01. The number of nitrogens with zero attached hydrogens (tertiary/aromatic N) is 1. The van der Waals surface area contributed by atoms with Crippen LogP contribution in [0.25, 0.3) is 0 Å². The Morgan fingerprint density at radius 3 is 2.67 bits per heavy atom. The summed E-state index contributed by atoms with van der Waals surface area (Å²) >= 11 is 1.57. The summed E-state index contributed by atoms with van der Waals surface area (Å²) in [6, 6.07) is 9.20. The second kappa shape index (κ2) is 7.57. The first-order chi connectivity index (χ1) is 11.6. The summed E-state index contributed by atoms with van der Waals surface area (Å²) in [6.07, 6.45) is 4.61. The summed E-state index contributed by atoms with van der Waals surface area (Å²) in [7, 11) is 0. The molecule has 6 heteroatoms. The van der Waals surface area contributed by atoms with Gasteiger partial charge in [-0.2, -0.15) is 0 Å². The number of rotatable bonds is 5. The molecular weight excluding hydrogens is 322 g/mol. The second-order valence-corrected chi connectivity index (χ2v) is 7.10. The fourth-order valence-corrected chi connectivity index (χ4v) is 4.01. The number of benzene rings is 1. The number of anilines is 1. The molecule has 0 saturated carbocycles. The number of aromatic nitrogens is 1. The molecule has 0 aliphatic heterocycles. The lowest BCUT2D eigenvalue weighted by molar-refractivity contribution is -0.120. The lowest BCUT2D eigenvalue weighted by atomic mass is 10.0. The maximum atomic E-state index is 12.4. The summed E-state index contributed by atoms with van der Waals surface area (Å²) in [5.41, 5.74) is 2.05. The first kappa shape index (κ1) is 16.6. The van der Waals surface area contributed by atoms with Crippen molar-refractivity contribution in [3.63, 3.8) is 0 Å². The highest BCUT2D eigenvalue weighted by molar-refractivity contribution is 7.15. The van der Waals surface area contributed by atoms with E-state index >= 15 is 0 Å². The monoisotopic (exact) mass is 343 g/mol. The molecule has 2 N–H and O–H groups in total. The zero-order chi connectivity index (χ0) is 16.9. The van der Waals surface area contributed by atoms with Crippen LogP contribution in [0.4, 0.5) is 5.13 Å². The van der Waals surface area contributed by atoms with E-state index in [1.165, 1.54) is 24.6 Å². The Balaban J connectivity index is 1.67. The predicted octanol–water partition coefficient (Wildman–Crippen LogP) is 3.23. The third-order valence-corrected chi connectivity index (χ3v) is 5.13. The maximum Gasteiger partial charge on any atom is 0.228 e. The van der Waals surface area contributed by atoms with Gasteiger partial charge in [0.1, 0.15) is 0 Å². The summed E-state index contributed by atoms with van der Waals surface area (Å²) in [6.45, 7) is 1.46. The van der Waals surface area contributed by atoms with E-state index in [1.54, 1.807) is 11.3 Å². The largest absolute Gasteiger partial charge is 0.349 e. The van der Waals surface area contributed by atoms with Gasteiger partial charge in [-0.05, 0) is 31.2 Å². The van der Waals surface area contributed by atoms with Gasteiger partial charge < -0.3 is 10.6 Å². The molecule has 2 aromatic rings. The number of amides is 2. The van der Waals surface area contributed by atoms with Crippen molar-refractivity contribution >= 4 is 28.3 Å². The van der Waals surface area contributed by atoms with Crippen molar-refractivity contribution in [1.82, 2.24) is 10.3 Å². The van der Waals surface area contributed by atoms with Gasteiger partial charge in [-0.15, -0.1) is 11.3 Å². The van der Waals surface area contributed by atoms with E-state index in [9.17, 15) is 9.59 Å². The molecule has 0 fully saturated rings. The van der Waals surface area contributed by atoms with Crippen LogP contribution in [-0.4, -0.2) is 16.8 Å². The minimum atomic E-state index is -0.335. The molecule has 1 atom stereocenters. The summed E-state index contributed by atoms with van der Waals surface area (Å²) in [5.74, 6) is -0.287. The molecule has 0 radical (unpaired) electrons. The molecule has 3 rings (SSSR count). The van der Waals surface area contributed by atoms with Crippen LogP contribution in [0, 0.1) is 0 Å². The van der Waals surface area contributed by atoms with Gasteiger partial charge in [-0.3, -0.25) is 9.59 Å². The van der Waals surface area contributed by atoms with Crippen LogP contribution in [0.2, 0.25) is 0 Å². The molecule has 2 amide bonds. The number of thiazole rings is 1. The quantitative estimate of drug-likeness (QED) is 0.875. The van der Waals surface area contributed by atoms with Crippen molar-refractivity contribution in [3.05, 3.63) is 46.5 Å². The van der Waals surface area contributed by atoms with Gasteiger partial charge in [0.2, 0.25) is 11.8 Å². The Kier molecular flexibility index (Phi) is 5.25. The molecule has 1 aromatic carbocycles. The Hall–Kier alpha value is -2.21. The van der Waals surface area contributed by atoms with E-state index in [1.807, 2.05) is 30.3 Å². The third kappa shape index (κ3) is 4.20. The van der Waals surface area contributed by atoms with Gasteiger partial charge in [0.05, 0.1) is 18.2 Å². The fourth-order valence-electron chi connectivity index (χ4n) is 2.94. The van der Waals surface area contributed by atoms with Gasteiger partial charge in [0.25, 0.3) is 0 Å². The van der Waals surface area contributed by atoms with Gasteiger partial charge >= 0.3 is 0 Å². The van der Waals surface area contributed by atoms with Crippen molar-refractivity contribution in [1.29, 1.82) is 0 Å². The molecule has 0 bridgehead atoms. The summed E-state index contributed by atoms with van der Waals surface area (Å²) in [4.78, 5) is 29.7. The molecule has 0 spiro atoms. The van der Waals surface area contributed by atoms with Crippen LogP contribution < -0.4 is 10.6 Å². The maximum absolute atomic E-state index is 12.4. The SMILES string of the molecule is CC(=O)N[C@@H](CC(=O)Nc1nc2c(s1)CCCC2)c1ccccc1. The Bertz CT molecular complexity index is 704. The molecule has 1 aliphatic carbocycles. The average Bonchev–Trinajstić information content (AvgIpc) is 2.96. The Labute approximate surface area is 145 Å². The van der Waals surface area contributed by atoms with Crippen LogP contribution in [0.1, 0.15) is 48.4 Å². The van der Waals surface area contributed by atoms with E-state index in [2.05, 4.69) is 15.6 Å². The van der Waals surface area contributed by atoms with Crippen LogP contribution in [0.15, 0.2) is 30.3 Å². The normalized spacial score (nSPS) is 14.5. The lowest BCUT2D eigenvalue weighted by Crippen LogP contribution is -2.29. The van der Waals surface area contributed by atoms with E-state index < -0.39 is 0 Å².